The van der Waals surface area contributed by atoms with Crippen LogP contribution >= 0.6 is 0 Å². The fraction of sp³-hybridized carbons (Fsp3) is 0. The number of aromatic amines is 2. The van der Waals surface area contributed by atoms with E-state index in [1.807, 2.05) is 0 Å². The molecule has 24 heavy (non-hydrogen) atoms. The lowest BCUT2D eigenvalue weighted by Gasteiger charge is -2.10. The smallest absolute Gasteiger partial charge is 0.304 e. The maximum atomic E-state index is 14.2. The molecule has 3 heterocycles. The number of pyridine rings is 2. The van der Waals surface area contributed by atoms with Crippen LogP contribution in [-0.2, 0) is 0 Å². The summed E-state index contributed by atoms with van der Waals surface area (Å²) in [5.41, 5.74) is 0.928. The van der Waals surface area contributed by atoms with Gasteiger partial charge < -0.3 is 4.98 Å². The molecule has 0 aliphatic carbocycles. The third-order valence-electron chi connectivity index (χ3n) is 3.65. The van der Waals surface area contributed by atoms with Crippen molar-refractivity contribution in [3.05, 3.63) is 70.8 Å². The van der Waals surface area contributed by atoms with Gasteiger partial charge in [-0.2, -0.15) is 0 Å². The molecule has 0 aliphatic rings. The molecule has 0 saturated heterocycles. The van der Waals surface area contributed by atoms with Gasteiger partial charge in [-0.15, -0.1) is 0 Å². The summed E-state index contributed by atoms with van der Waals surface area (Å²) in [7, 11) is 0. The molecule has 3 aromatic heterocycles. The van der Waals surface area contributed by atoms with Crippen molar-refractivity contribution in [1.29, 1.82) is 0 Å². The Kier molecular flexibility index (Phi) is 3.19. The van der Waals surface area contributed by atoms with Gasteiger partial charge in [0.1, 0.15) is 17.3 Å². The van der Waals surface area contributed by atoms with Crippen LogP contribution in [0.3, 0.4) is 0 Å². The minimum Gasteiger partial charge on any atom is -0.304 e. The Bertz CT molecular complexity index is 1030. The number of nitrogens with one attached hydrogen (secondary N) is 2. The molecule has 5 nitrogen and oxygen atoms in total. The number of fused-ring (bicyclic) bond motifs is 1. The number of hydrogen-bond acceptors (Lipinski definition) is 3. The largest absolute Gasteiger partial charge is 0.325 e. The average Bonchev–Trinajstić information content (AvgIpc) is 2.94. The van der Waals surface area contributed by atoms with Crippen molar-refractivity contribution in [2.45, 2.75) is 0 Å². The number of hydrogen-bond donors (Lipinski definition) is 2. The van der Waals surface area contributed by atoms with Crippen LogP contribution in [0.2, 0.25) is 0 Å². The molecule has 0 unspecified atom stereocenters. The lowest BCUT2D eigenvalue weighted by Crippen LogP contribution is -1.99. The summed E-state index contributed by atoms with van der Waals surface area (Å²) >= 11 is 0. The SMILES string of the molecule is O=c1[nH]c2cc(-c3ncccc3F)c(-c3ccccc3F)nc2[nH]1. The Labute approximate surface area is 134 Å². The third-order valence-corrected chi connectivity index (χ3v) is 3.65. The Morgan fingerprint density at radius 3 is 2.46 bits per heavy atom. The zero-order valence-electron chi connectivity index (χ0n) is 12.2. The molecule has 0 amide bonds. The Hall–Kier alpha value is -3.35. The van der Waals surface area contributed by atoms with Gasteiger partial charge in [0.2, 0.25) is 0 Å². The molecule has 0 aliphatic heterocycles. The highest BCUT2D eigenvalue weighted by atomic mass is 19.1. The number of nitrogens with zero attached hydrogens (tertiary/aromatic N) is 2. The molecule has 0 saturated carbocycles. The molecule has 0 spiro atoms. The highest BCUT2D eigenvalue weighted by Crippen LogP contribution is 2.33. The molecule has 0 fully saturated rings. The first-order chi connectivity index (χ1) is 11.6. The van der Waals surface area contributed by atoms with Crippen molar-refractivity contribution in [2.24, 2.45) is 0 Å². The second-order valence-corrected chi connectivity index (χ2v) is 5.17. The topological polar surface area (TPSA) is 74.4 Å². The van der Waals surface area contributed by atoms with E-state index >= 15 is 0 Å². The lowest BCUT2D eigenvalue weighted by atomic mass is 10.0. The number of rotatable bonds is 2. The van der Waals surface area contributed by atoms with Gasteiger partial charge in [0.25, 0.3) is 0 Å². The fourth-order valence-corrected chi connectivity index (χ4v) is 2.59. The minimum atomic E-state index is -0.561. The van der Waals surface area contributed by atoms with E-state index in [0.717, 1.165) is 0 Å². The van der Waals surface area contributed by atoms with Crippen molar-refractivity contribution in [1.82, 2.24) is 19.9 Å². The summed E-state index contributed by atoms with van der Waals surface area (Å²) in [6.45, 7) is 0. The van der Waals surface area contributed by atoms with Crippen LogP contribution in [0, 0.1) is 11.6 Å². The predicted octanol–water partition coefficient (Wildman–Crippen LogP) is 3.26. The first kappa shape index (κ1) is 14.3. The number of benzene rings is 1. The van der Waals surface area contributed by atoms with Gasteiger partial charge in [-0.25, -0.2) is 18.6 Å². The number of imidazole rings is 1. The molecule has 1 aromatic carbocycles. The van der Waals surface area contributed by atoms with Gasteiger partial charge in [-0.3, -0.25) is 9.97 Å². The lowest BCUT2D eigenvalue weighted by molar-refractivity contribution is 0.625. The van der Waals surface area contributed by atoms with E-state index < -0.39 is 17.3 Å². The first-order valence-electron chi connectivity index (χ1n) is 7.12. The Morgan fingerprint density at radius 1 is 0.875 bits per heavy atom. The number of halogens is 2. The second-order valence-electron chi connectivity index (χ2n) is 5.17. The molecule has 4 aromatic rings. The molecule has 7 heteroatoms. The monoisotopic (exact) mass is 324 g/mol. The van der Waals surface area contributed by atoms with E-state index in [-0.39, 0.29) is 22.6 Å². The summed E-state index contributed by atoms with van der Waals surface area (Å²) in [5.74, 6) is -1.06. The van der Waals surface area contributed by atoms with Crippen molar-refractivity contribution < 1.29 is 8.78 Å². The third kappa shape index (κ3) is 2.26. The quantitative estimate of drug-likeness (QED) is 0.594. The van der Waals surface area contributed by atoms with Gasteiger partial charge in [-0.05, 0) is 30.3 Å². The van der Waals surface area contributed by atoms with Gasteiger partial charge >= 0.3 is 5.69 Å². The van der Waals surface area contributed by atoms with Crippen molar-refractivity contribution in [2.75, 3.05) is 0 Å². The zero-order chi connectivity index (χ0) is 16.7. The Morgan fingerprint density at radius 2 is 1.67 bits per heavy atom. The Balaban J connectivity index is 2.10. The van der Waals surface area contributed by atoms with Crippen LogP contribution in [0.15, 0.2) is 53.5 Å². The summed E-state index contributed by atoms with van der Waals surface area (Å²) in [5, 5.41) is 0. The summed E-state index contributed by atoms with van der Waals surface area (Å²) < 4.78 is 28.5. The maximum absolute atomic E-state index is 14.2. The van der Waals surface area contributed by atoms with E-state index in [1.54, 1.807) is 18.2 Å². The van der Waals surface area contributed by atoms with Crippen molar-refractivity contribution >= 4 is 11.2 Å². The minimum absolute atomic E-state index is 0.0344. The second kappa shape index (κ2) is 5.38. The maximum Gasteiger partial charge on any atom is 0.325 e. The standard InChI is InChI=1S/C17H10F2N4O/c18-11-5-2-1-4-9(11)14-10(15-12(19)6-3-7-20-15)8-13-16(22-14)23-17(24)21-13/h1-8H,(H2,21,22,23,24). The first-order valence-corrected chi connectivity index (χ1v) is 7.12. The normalized spacial score (nSPS) is 11.1. The van der Waals surface area contributed by atoms with Crippen LogP contribution in [-0.4, -0.2) is 19.9 Å². The average molecular weight is 324 g/mol. The van der Waals surface area contributed by atoms with Crippen LogP contribution in [0.4, 0.5) is 8.78 Å². The molecule has 118 valence electrons. The summed E-state index contributed by atoms with van der Waals surface area (Å²) in [6, 6.07) is 10.3. The molecule has 2 N–H and O–H groups in total. The van der Waals surface area contributed by atoms with Gasteiger partial charge in [0.15, 0.2) is 5.65 Å². The molecule has 4 rings (SSSR count). The van der Waals surface area contributed by atoms with Crippen LogP contribution in [0.25, 0.3) is 33.7 Å². The molecule has 0 bridgehead atoms. The van der Waals surface area contributed by atoms with Crippen molar-refractivity contribution in [3.8, 4) is 22.5 Å². The van der Waals surface area contributed by atoms with E-state index in [2.05, 4.69) is 19.9 Å². The molecular formula is C17H10F2N4O. The van der Waals surface area contributed by atoms with E-state index in [0.29, 0.717) is 11.1 Å². The van der Waals surface area contributed by atoms with E-state index in [9.17, 15) is 13.6 Å². The van der Waals surface area contributed by atoms with Gasteiger partial charge in [-0.1, -0.05) is 12.1 Å². The predicted molar refractivity (Wildman–Crippen MR) is 85.3 cm³/mol. The van der Waals surface area contributed by atoms with E-state index in [4.69, 9.17) is 0 Å². The van der Waals surface area contributed by atoms with Crippen LogP contribution in [0.1, 0.15) is 0 Å². The summed E-state index contributed by atoms with van der Waals surface area (Å²) in [4.78, 5) is 24.9. The highest BCUT2D eigenvalue weighted by molar-refractivity contribution is 5.87. The number of aromatic nitrogens is 4. The highest BCUT2D eigenvalue weighted by Gasteiger charge is 2.18. The van der Waals surface area contributed by atoms with Crippen LogP contribution < -0.4 is 5.69 Å². The van der Waals surface area contributed by atoms with Gasteiger partial charge in [0.05, 0.1) is 11.2 Å². The van der Waals surface area contributed by atoms with Crippen LogP contribution in [0.5, 0.6) is 0 Å². The summed E-state index contributed by atoms with van der Waals surface area (Å²) in [6.07, 6.45) is 1.44. The fourth-order valence-electron chi connectivity index (χ4n) is 2.59. The zero-order valence-corrected chi connectivity index (χ0v) is 12.2. The van der Waals surface area contributed by atoms with E-state index in [1.165, 1.54) is 30.5 Å². The number of H-pyrrole nitrogens is 2. The molecular weight excluding hydrogens is 314 g/mol. The molecule has 0 radical (unpaired) electrons. The van der Waals surface area contributed by atoms with Crippen molar-refractivity contribution in [3.63, 3.8) is 0 Å². The van der Waals surface area contributed by atoms with Gasteiger partial charge in [0, 0.05) is 17.3 Å². The molecule has 0 atom stereocenters.